The van der Waals surface area contributed by atoms with Gasteiger partial charge in [-0.15, -0.1) is 0 Å². The van der Waals surface area contributed by atoms with Crippen molar-refractivity contribution in [1.29, 1.82) is 0 Å². The van der Waals surface area contributed by atoms with Crippen LogP contribution in [-0.2, 0) is 19.6 Å². The average Bonchev–Trinajstić information content (AvgIpc) is 2.61. The molecule has 1 aliphatic heterocycles. The highest BCUT2D eigenvalue weighted by molar-refractivity contribution is 7.93. The van der Waals surface area contributed by atoms with Gasteiger partial charge in [0.05, 0.1) is 17.2 Å². The standard InChI is InChI=1S/C18H19NO5S/c1-3-23-18(20)16-12-24-17-7-5-4-6-15(17)19(16)25(21,22)14-10-8-13(2)9-11-14/h4-11,16H,3,12H2,1-2H3. The third kappa shape index (κ3) is 3.19. The summed E-state index contributed by atoms with van der Waals surface area (Å²) in [5.74, 6) is -0.216. The molecule has 0 saturated carbocycles. The summed E-state index contributed by atoms with van der Waals surface area (Å²) in [4.78, 5) is 12.5. The molecule has 0 aromatic heterocycles. The van der Waals surface area contributed by atoms with Gasteiger partial charge >= 0.3 is 5.97 Å². The van der Waals surface area contributed by atoms with Gasteiger partial charge in [0, 0.05) is 0 Å². The predicted octanol–water partition coefficient (Wildman–Crippen LogP) is 2.51. The van der Waals surface area contributed by atoms with Gasteiger partial charge in [0.25, 0.3) is 10.0 Å². The molecule has 2 aromatic rings. The summed E-state index contributed by atoms with van der Waals surface area (Å²) in [5.41, 5.74) is 1.27. The number of nitrogens with zero attached hydrogens (tertiary/aromatic N) is 1. The van der Waals surface area contributed by atoms with Crippen molar-refractivity contribution in [2.24, 2.45) is 0 Å². The van der Waals surface area contributed by atoms with Crippen LogP contribution < -0.4 is 9.04 Å². The number of esters is 1. The van der Waals surface area contributed by atoms with E-state index in [0.29, 0.717) is 11.4 Å². The molecule has 6 nitrogen and oxygen atoms in total. The predicted molar refractivity (Wildman–Crippen MR) is 93.2 cm³/mol. The first-order chi connectivity index (χ1) is 11.9. The van der Waals surface area contributed by atoms with Gasteiger partial charge in [-0.3, -0.25) is 0 Å². The molecule has 0 spiro atoms. The van der Waals surface area contributed by atoms with Gasteiger partial charge in [-0.25, -0.2) is 17.5 Å². The third-order valence-electron chi connectivity index (χ3n) is 3.92. The number of para-hydroxylation sites is 2. The third-order valence-corrected chi connectivity index (χ3v) is 5.76. The van der Waals surface area contributed by atoms with Crippen LogP contribution in [0.1, 0.15) is 12.5 Å². The fraction of sp³-hybridized carbons (Fsp3) is 0.278. The molecule has 132 valence electrons. The van der Waals surface area contributed by atoms with E-state index in [9.17, 15) is 13.2 Å². The number of rotatable bonds is 4. The van der Waals surface area contributed by atoms with Crippen molar-refractivity contribution >= 4 is 21.7 Å². The monoisotopic (exact) mass is 361 g/mol. The molecule has 1 atom stereocenters. The molecule has 0 fully saturated rings. The van der Waals surface area contributed by atoms with Crippen LogP contribution >= 0.6 is 0 Å². The van der Waals surface area contributed by atoms with Gasteiger partial charge in [-0.1, -0.05) is 29.8 Å². The second kappa shape index (κ2) is 6.76. The summed E-state index contributed by atoms with van der Waals surface area (Å²) in [6.07, 6.45) is 0. The van der Waals surface area contributed by atoms with Crippen LogP contribution in [-0.4, -0.2) is 33.6 Å². The minimum absolute atomic E-state index is 0.0963. The first-order valence-electron chi connectivity index (χ1n) is 7.94. The van der Waals surface area contributed by atoms with E-state index in [1.54, 1.807) is 43.3 Å². The number of hydrogen-bond donors (Lipinski definition) is 0. The normalized spacial score (nSPS) is 16.7. The maximum atomic E-state index is 13.2. The van der Waals surface area contributed by atoms with Gasteiger partial charge in [-0.05, 0) is 38.1 Å². The van der Waals surface area contributed by atoms with E-state index in [1.165, 1.54) is 12.1 Å². The van der Waals surface area contributed by atoms with Crippen molar-refractivity contribution in [3.63, 3.8) is 0 Å². The maximum Gasteiger partial charge on any atom is 0.333 e. The number of sulfonamides is 1. The molecule has 2 aromatic carbocycles. The molecule has 0 aliphatic carbocycles. The van der Waals surface area contributed by atoms with Crippen molar-refractivity contribution in [3.8, 4) is 5.75 Å². The number of benzene rings is 2. The summed E-state index contributed by atoms with van der Waals surface area (Å²) >= 11 is 0. The lowest BCUT2D eigenvalue weighted by Crippen LogP contribution is -2.51. The number of ether oxygens (including phenoxy) is 2. The molecular formula is C18H19NO5S. The largest absolute Gasteiger partial charge is 0.489 e. The number of aryl methyl sites for hydroxylation is 1. The van der Waals surface area contributed by atoms with E-state index in [4.69, 9.17) is 9.47 Å². The van der Waals surface area contributed by atoms with Crippen LogP contribution in [0.3, 0.4) is 0 Å². The minimum Gasteiger partial charge on any atom is -0.489 e. The van der Waals surface area contributed by atoms with Gasteiger partial charge in [-0.2, -0.15) is 0 Å². The van der Waals surface area contributed by atoms with Gasteiger partial charge < -0.3 is 9.47 Å². The quantitative estimate of drug-likeness (QED) is 0.783. The fourth-order valence-electron chi connectivity index (χ4n) is 2.69. The second-order valence-electron chi connectivity index (χ2n) is 5.66. The van der Waals surface area contributed by atoms with E-state index in [-0.39, 0.29) is 18.1 Å². The highest BCUT2D eigenvalue weighted by Gasteiger charge is 2.41. The molecule has 3 rings (SSSR count). The van der Waals surface area contributed by atoms with Crippen LogP contribution in [0.25, 0.3) is 0 Å². The van der Waals surface area contributed by atoms with Crippen molar-refractivity contribution in [3.05, 3.63) is 54.1 Å². The molecule has 1 aliphatic rings. The molecule has 0 bridgehead atoms. The fourth-order valence-corrected chi connectivity index (χ4v) is 4.29. The van der Waals surface area contributed by atoms with Crippen LogP contribution in [0, 0.1) is 6.92 Å². The minimum atomic E-state index is -3.95. The maximum absolute atomic E-state index is 13.2. The second-order valence-corrected chi connectivity index (χ2v) is 7.48. The number of fused-ring (bicyclic) bond motifs is 1. The van der Waals surface area contributed by atoms with E-state index in [0.717, 1.165) is 9.87 Å². The van der Waals surface area contributed by atoms with Crippen molar-refractivity contribution < 1.29 is 22.7 Å². The lowest BCUT2D eigenvalue weighted by Gasteiger charge is -2.35. The van der Waals surface area contributed by atoms with Gasteiger partial charge in [0.1, 0.15) is 12.4 Å². The zero-order valence-electron chi connectivity index (χ0n) is 14.0. The zero-order chi connectivity index (χ0) is 18.0. The summed E-state index contributed by atoms with van der Waals surface area (Å²) in [6.45, 7) is 3.62. The molecular weight excluding hydrogens is 342 g/mol. The van der Waals surface area contributed by atoms with Crippen molar-refractivity contribution in [1.82, 2.24) is 0 Å². The lowest BCUT2D eigenvalue weighted by atomic mass is 10.2. The van der Waals surface area contributed by atoms with Crippen LogP contribution in [0.2, 0.25) is 0 Å². The Morgan fingerprint density at radius 2 is 1.88 bits per heavy atom. The molecule has 25 heavy (non-hydrogen) atoms. The highest BCUT2D eigenvalue weighted by Crippen LogP contribution is 2.37. The van der Waals surface area contributed by atoms with E-state index in [2.05, 4.69) is 0 Å². The molecule has 0 N–H and O–H groups in total. The van der Waals surface area contributed by atoms with E-state index < -0.39 is 22.0 Å². The van der Waals surface area contributed by atoms with Crippen molar-refractivity contribution in [2.45, 2.75) is 24.8 Å². The van der Waals surface area contributed by atoms with Gasteiger partial charge in [0.15, 0.2) is 6.04 Å². The SMILES string of the molecule is CCOC(=O)C1COc2ccccc2N1S(=O)(=O)c1ccc(C)cc1. The Kier molecular flexibility index (Phi) is 4.67. The van der Waals surface area contributed by atoms with E-state index >= 15 is 0 Å². The smallest absolute Gasteiger partial charge is 0.333 e. The first-order valence-corrected chi connectivity index (χ1v) is 9.38. The lowest BCUT2D eigenvalue weighted by molar-refractivity contribution is -0.145. The summed E-state index contributed by atoms with van der Waals surface area (Å²) in [7, 11) is -3.95. The summed E-state index contributed by atoms with van der Waals surface area (Å²) in [6, 6.07) is 12.2. The highest BCUT2D eigenvalue weighted by atomic mass is 32.2. The number of carbonyl (C=O) groups excluding carboxylic acids is 1. The topological polar surface area (TPSA) is 72.9 Å². The van der Waals surface area contributed by atoms with Crippen molar-refractivity contribution in [2.75, 3.05) is 17.5 Å². The molecule has 1 heterocycles. The Bertz CT molecular complexity index is 877. The van der Waals surface area contributed by atoms with Crippen LogP contribution in [0.4, 0.5) is 5.69 Å². The molecule has 0 amide bonds. The Labute approximate surface area is 147 Å². The zero-order valence-corrected chi connectivity index (χ0v) is 14.8. The number of hydrogen-bond acceptors (Lipinski definition) is 5. The van der Waals surface area contributed by atoms with Crippen LogP contribution in [0.5, 0.6) is 5.75 Å². The average molecular weight is 361 g/mol. The Morgan fingerprint density at radius 1 is 1.20 bits per heavy atom. The van der Waals surface area contributed by atoms with Crippen LogP contribution in [0.15, 0.2) is 53.4 Å². The Balaban J connectivity index is 2.12. The first kappa shape index (κ1) is 17.3. The summed E-state index contributed by atoms with van der Waals surface area (Å²) < 4.78 is 38.2. The molecule has 1 unspecified atom stereocenters. The Morgan fingerprint density at radius 3 is 2.56 bits per heavy atom. The molecule has 0 saturated heterocycles. The molecule has 0 radical (unpaired) electrons. The molecule has 7 heteroatoms. The van der Waals surface area contributed by atoms with E-state index in [1.807, 2.05) is 6.92 Å². The number of anilines is 1. The Hall–Kier alpha value is -2.54. The van der Waals surface area contributed by atoms with Gasteiger partial charge in [0.2, 0.25) is 0 Å². The summed E-state index contributed by atoms with van der Waals surface area (Å²) in [5, 5.41) is 0. The number of carbonyl (C=O) groups is 1.